The lowest BCUT2D eigenvalue weighted by Gasteiger charge is -2.08. The van der Waals surface area contributed by atoms with E-state index < -0.39 is 10.0 Å². The Bertz CT molecular complexity index is 722. The minimum Gasteiger partial charge on any atom is -0.296 e. The summed E-state index contributed by atoms with van der Waals surface area (Å²) in [6.07, 6.45) is 4.62. The van der Waals surface area contributed by atoms with Crippen molar-refractivity contribution in [2.45, 2.75) is 44.3 Å². The molecule has 0 radical (unpaired) electrons. The maximum atomic E-state index is 11.5. The van der Waals surface area contributed by atoms with Gasteiger partial charge in [-0.15, -0.1) is 21.5 Å². The van der Waals surface area contributed by atoms with E-state index in [1.165, 1.54) is 23.3 Å². The van der Waals surface area contributed by atoms with Gasteiger partial charge in [-0.1, -0.05) is 0 Å². The highest BCUT2D eigenvalue weighted by molar-refractivity contribution is 7.89. The second kappa shape index (κ2) is 4.94. The number of thiophene rings is 1. The Morgan fingerprint density at radius 1 is 1.35 bits per heavy atom. The Morgan fingerprint density at radius 3 is 2.75 bits per heavy atom. The summed E-state index contributed by atoms with van der Waals surface area (Å²) in [6.45, 7) is 2.33. The van der Waals surface area contributed by atoms with Crippen molar-refractivity contribution in [2.75, 3.05) is 0 Å². The molecule has 0 saturated heterocycles. The van der Waals surface area contributed by atoms with Crippen molar-refractivity contribution in [3.05, 3.63) is 16.5 Å². The highest BCUT2D eigenvalue weighted by Gasteiger charge is 2.23. The van der Waals surface area contributed by atoms with Crippen molar-refractivity contribution < 1.29 is 8.42 Å². The fraction of sp³-hybridized carbons (Fsp3) is 0.500. The minimum absolute atomic E-state index is 0.165. The van der Waals surface area contributed by atoms with Crippen molar-refractivity contribution in [3.63, 3.8) is 0 Å². The fourth-order valence-electron chi connectivity index (χ4n) is 2.57. The molecule has 0 saturated carbocycles. The summed E-state index contributed by atoms with van der Waals surface area (Å²) in [5, 5.41) is 12.8. The van der Waals surface area contributed by atoms with E-state index in [1.54, 1.807) is 15.9 Å². The van der Waals surface area contributed by atoms with Gasteiger partial charge in [-0.3, -0.25) is 4.57 Å². The first-order chi connectivity index (χ1) is 9.50. The number of aromatic nitrogens is 3. The number of aryl methyl sites for hydroxylation is 2. The molecule has 108 valence electrons. The Hall–Kier alpha value is -1.25. The zero-order valence-electron chi connectivity index (χ0n) is 11.2. The first-order valence-electron chi connectivity index (χ1n) is 6.58. The number of hydrogen-bond acceptors (Lipinski definition) is 5. The van der Waals surface area contributed by atoms with Crippen LogP contribution in [0.5, 0.6) is 0 Å². The van der Waals surface area contributed by atoms with E-state index in [4.69, 9.17) is 5.14 Å². The average Bonchev–Trinajstić information content (AvgIpc) is 3.00. The number of nitrogens with two attached hydrogens (primary N) is 1. The van der Waals surface area contributed by atoms with Crippen molar-refractivity contribution in [2.24, 2.45) is 5.14 Å². The molecule has 0 unspecified atom stereocenters. The largest absolute Gasteiger partial charge is 0.296 e. The number of fused-ring (bicyclic) bond motifs is 1. The Kier molecular flexibility index (Phi) is 3.39. The van der Waals surface area contributed by atoms with E-state index in [0.717, 1.165) is 17.7 Å². The first kappa shape index (κ1) is 13.7. The van der Waals surface area contributed by atoms with Crippen LogP contribution in [0.2, 0.25) is 0 Å². The Morgan fingerprint density at radius 2 is 2.10 bits per heavy atom. The molecule has 2 N–H and O–H groups in total. The molecule has 2 aromatic rings. The van der Waals surface area contributed by atoms with Crippen LogP contribution in [0, 0.1) is 0 Å². The van der Waals surface area contributed by atoms with E-state index in [9.17, 15) is 8.42 Å². The summed E-state index contributed by atoms with van der Waals surface area (Å²) < 4.78 is 24.6. The van der Waals surface area contributed by atoms with Crippen LogP contribution in [0.15, 0.2) is 11.2 Å². The van der Waals surface area contributed by atoms with Crippen LogP contribution in [0.1, 0.15) is 30.2 Å². The third kappa shape index (κ3) is 2.27. The Labute approximate surface area is 121 Å². The van der Waals surface area contributed by atoms with Gasteiger partial charge < -0.3 is 0 Å². The highest BCUT2D eigenvalue weighted by atomic mass is 32.2. The van der Waals surface area contributed by atoms with Gasteiger partial charge in [-0.2, -0.15) is 0 Å². The summed E-state index contributed by atoms with van der Waals surface area (Å²) >= 11 is 1.68. The number of sulfonamides is 1. The molecule has 1 aliphatic carbocycles. The maximum absolute atomic E-state index is 11.5. The monoisotopic (exact) mass is 312 g/mol. The van der Waals surface area contributed by atoms with E-state index in [-0.39, 0.29) is 5.16 Å². The molecule has 0 atom stereocenters. The van der Waals surface area contributed by atoms with E-state index >= 15 is 0 Å². The van der Waals surface area contributed by atoms with Crippen molar-refractivity contribution in [3.8, 4) is 10.7 Å². The van der Waals surface area contributed by atoms with Crippen LogP contribution in [-0.2, 0) is 29.4 Å². The predicted molar refractivity (Wildman–Crippen MR) is 77.0 cm³/mol. The standard InChI is InChI=1S/C12H16N4O2S2/c1-2-16-11(14-15-12(16)20(13,17)18)10-7-8-5-3-4-6-9(8)19-10/h7H,2-6H2,1H3,(H2,13,17,18). The van der Waals surface area contributed by atoms with Gasteiger partial charge in [0.05, 0.1) is 4.88 Å². The first-order valence-corrected chi connectivity index (χ1v) is 8.95. The second-order valence-electron chi connectivity index (χ2n) is 4.86. The molecular formula is C12H16N4O2S2. The molecule has 2 heterocycles. The van der Waals surface area contributed by atoms with Crippen LogP contribution in [0.3, 0.4) is 0 Å². The summed E-state index contributed by atoms with van der Waals surface area (Å²) in [5.41, 5.74) is 1.36. The maximum Gasteiger partial charge on any atom is 0.273 e. The highest BCUT2D eigenvalue weighted by Crippen LogP contribution is 2.35. The number of primary sulfonamides is 1. The molecule has 0 bridgehead atoms. The van der Waals surface area contributed by atoms with Crippen LogP contribution < -0.4 is 5.14 Å². The van der Waals surface area contributed by atoms with Crippen LogP contribution in [0.4, 0.5) is 0 Å². The van der Waals surface area contributed by atoms with Crippen molar-refractivity contribution in [1.29, 1.82) is 0 Å². The van der Waals surface area contributed by atoms with E-state index in [1.807, 2.05) is 6.92 Å². The summed E-state index contributed by atoms with van der Waals surface area (Å²) in [4.78, 5) is 2.36. The average molecular weight is 312 g/mol. The molecule has 0 aromatic carbocycles. The van der Waals surface area contributed by atoms with Crippen LogP contribution in [-0.4, -0.2) is 23.2 Å². The lowest BCUT2D eigenvalue weighted by atomic mass is 9.99. The fourth-order valence-corrected chi connectivity index (χ4v) is 4.49. The van der Waals surface area contributed by atoms with Crippen LogP contribution in [0.25, 0.3) is 10.7 Å². The van der Waals surface area contributed by atoms with E-state index in [0.29, 0.717) is 12.4 Å². The molecular weight excluding hydrogens is 296 g/mol. The summed E-state index contributed by atoms with van der Waals surface area (Å²) in [6, 6.07) is 2.11. The quantitative estimate of drug-likeness (QED) is 0.931. The van der Waals surface area contributed by atoms with Crippen molar-refractivity contribution in [1.82, 2.24) is 14.8 Å². The molecule has 8 heteroatoms. The van der Waals surface area contributed by atoms with Gasteiger partial charge in [0.1, 0.15) is 0 Å². The molecule has 0 fully saturated rings. The number of rotatable bonds is 3. The molecule has 6 nitrogen and oxygen atoms in total. The molecule has 2 aromatic heterocycles. The summed E-state index contributed by atoms with van der Waals surface area (Å²) in [5.74, 6) is 0.593. The SMILES string of the molecule is CCn1c(-c2cc3c(s2)CCCC3)nnc1S(N)(=O)=O. The lowest BCUT2D eigenvalue weighted by Crippen LogP contribution is -2.18. The van der Waals surface area contributed by atoms with Gasteiger partial charge in [0.15, 0.2) is 5.82 Å². The Balaban J connectivity index is 2.11. The predicted octanol–water partition coefficient (Wildman–Crippen LogP) is 1.55. The second-order valence-corrected chi connectivity index (χ2v) is 7.45. The van der Waals surface area contributed by atoms with Gasteiger partial charge in [-0.05, 0) is 44.2 Å². The molecule has 3 rings (SSSR count). The third-order valence-electron chi connectivity index (χ3n) is 3.50. The lowest BCUT2D eigenvalue weighted by molar-refractivity contribution is 0.571. The van der Waals surface area contributed by atoms with Gasteiger partial charge >= 0.3 is 0 Å². The molecule has 20 heavy (non-hydrogen) atoms. The number of hydrogen-bond donors (Lipinski definition) is 1. The third-order valence-corrected chi connectivity index (χ3v) is 5.55. The van der Waals surface area contributed by atoms with E-state index in [2.05, 4.69) is 16.3 Å². The van der Waals surface area contributed by atoms with Crippen LogP contribution >= 0.6 is 11.3 Å². The normalized spacial score (nSPS) is 15.3. The molecule has 0 amide bonds. The van der Waals surface area contributed by atoms with Gasteiger partial charge in [0.2, 0.25) is 0 Å². The van der Waals surface area contributed by atoms with Crippen molar-refractivity contribution >= 4 is 21.4 Å². The molecule has 0 aliphatic heterocycles. The zero-order valence-corrected chi connectivity index (χ0v) is 12.8. The smallest absolute Gasteiger partial charge is 0.273 e. The molecule has 0 spiro atoms. The van der Waals surface area contributed by atoms with Gasteiger partial charge in [-0.25, -0.2) is 13.6 Å². The van der Waals surface area contributed by atoms with Gasteiger partial charge in [0, 0.05) is 11.4 Å². The summed E-state index contributed by atoms with van der Waals surface area (Å²) in [7, 11) is -3.84. The zero-order chi connectivity index (χ0) is 14.3. The van der Waals surface area contributed by atoms with Gasteiger partial charge in [0.25, 0.3) is 15.2 Å². The minimum atomic E-state index is -3.84. The number of nitrogens with zero attached hydrogens (tertiary/aromatic N) is 3. The topological polar surface area (TPSA) is 90.9 Å². The molecule has 1 aliphatic rings.